The third-order valence-electron chi connectivity index (χ3n) is 2.94. The van der Waals surface area contributed by atoms with Crippen LogP contribution in [0.3, 0.4) is 0 Å². The van der Waals surface area contributed by atoms with E-state index in [1.807, 2.05) is 12.1 Å². The molecule has 0 spiro atoms. The number of halogens is 1. The molecule has 2 rings (SSSR count). The van der Waals surface area contributed by atoms with E-state index in [-0.39, 0.29) is 17.3 Å². The quantitative estimate of drug-likeness (QED) is 0.887. The average Bonchev–Trinajstić information content (AvgIpc) is 2.48. The van der Waals surface area contributed by atoms with Gasteiger partial charge in [0.15, 0.2) is 9.84 Å². The van der Waals surface area contributed by atoms with Crippen molar-refractivity contribution in [2.75, 3.05) is 12.4 Å². The first-order valence-electron chi connectivity index (χ1n) is 6.41. The molecule has 0 bridgehead atoms. The molecule has 0 fully saturated rings. The smallest absolute Gasteiger partial charge is 0.181 e. The largest absolute Gasteiger partial charge is 0.493 e. The van der Waals surface area contributed by atoms with E-state index in [1.165, 1.54) is 18.2 Å². The van der Waals surface area contributed by atoms with Crippen molar-refractivity contribution in [2.45, 2.75) is 11.4 Å². The minimum Gasteiger partial charge on any atom is -0.493 e. The highest BCUT2D eigenvalue weighted by molar-refractivity contribution is 7.91. The maximum absolute atomic E-state index is 13.1. The van der Waals surface area contributed by atoms with Crippen LogP contribution >= 0.6 is 0 Å². The van der Waals surface area contributed by atoms with E-state index in [2.05, 4.69) is 0 Å². The van der Waals surface area contributed by atoms with Crippen LogP contribution in [0.25, 0.3) is 0 Å². The minimum absolute atomic E-state index is 0.000812. The van der Waals surface area contributed by atoms with Crippen LogP contribution < -0.4 is 10.5 Å². The van der Waals surface area contributed by atoms with Crippen molar-refractivity contribution in [3.63, 3.8) is 0 Å². The van der Waals surface area contributed by atoms with Crippen LogP contribution in [0.4, 0.5) is 4.39 Å². The second kappa shape index (κ2) is 6.69. The molecule has 0 saturated carbocycles. The first kappa shape index (κ1) is 15.5. The molecule has 0 unspecified atom stereocenters. The number of nitrogens with two attached hydrogens (primary N) is 1. The summed E-state index contributed by atoms with van der Waals surface area (Å²) >= 11 is 0. The van der Waals surface area contributed by atoms with Gasteiger partial charge in [0.25, 0.3) is 0 Å². The SMILES string of the molecule is NCc1ccc(OCCS(=O)(=O)c2cccc(F)c2)cc1. The average molecular weight is 309 g/mol. The summed E-state index contributed by atoms with van der Waals surface area (Å²) in [4.78, 5) is -0.0374. The van der Waals surface area contributed by atoms with Gasteiger partial charge in [0.1, 0.15) is 18.2 Å². The van der Waals surface area contributed by atoms with Crippen molar-refractivity contribution in [2.24, 2.45) is 5.73 Å². The Labute approximate surface area is 123 Å². The van der Waals surface area contributed by atoms with Gasteiger partial charge in [0.2, 0.25) is 0 Å². The molecule has 0 radical (unpaired) electrons. The number of ether oxygens (including phenoxy) is 1. The summed E-state index contributed by atoms with van der Waals surface area (Å²) in [6.07, 6.45) is 0. The van der Waals surface area contributed by atoms with Gasteiger partial charge in [-0.15, -0.1) is 0 Å². The van der Waals surface area contributed by atoms with Gasteiger partial charge in [-0.05, 0) is 35.9 Å². The summed E-state index contributed by atoms with van der Waals surface area (Å²) in [5.74, 6) is -0.217. The summed E-state index contributed by atoms with van der Waals surface area (Å²) in [6, 6.07) is 12.0. The van der Waals surface area contributed by atoms with Crippen molar-refractivity contribution in [3.05, 3.63) is 59.9 Å². The second-order valence-electron chi connectivity index (χ2n) is 4.47. The Kier molecular flexibility index (Phi) is 4.93. The number of rotatable bonds is 6. The third-order valence-corrected chi connectivity index (χ3v) is 4.61. The minimum atomic E-state index is -3.55. The zero-order chi connectivity index (χ0) is 15.3. The van der Waals surface area contributed by atoms with E-state index >= 15 is 0 Å². The van der Waals surface area contributed by atoms with Crippen molar-refractivity contribution in [1.82, 2.24) is 0 Å². The normalized spacial score (nSPS) is 11.3. The van der Waals surface area contributed by atoms with Gasteiger partial charge in [-0.2, -0.15) is 0 Å². The van der Waals surface area contributed by atoms with Crippen LogP contribution in [0.2, 0.25) is 0 Å². The summed E-state index contributed by atoms with van der Waals surface area (Å²) in [5, 5.41) is 0. The predicted octanol–water partition coefficient (Wildman–Crippen LogP) is 2.14. The van der Waals surface area contributed by atoms with Crippen molar-refractivity contribution in [3.8, 4) is 5.75 Å². The fourth-order valence-corrected chi connectivity index (χ4v) is 2.89. The Balaban J connectivity index is 1.95. The molecular formula is C15H16FNO3S. The fourth-order valence-electron chi connectivity index (χ4n) is 1.77. The Morgan fingerprint density at radius 1 is 1.10 bits per heavy atom. The second-order valence-corrected chi connectivity index (χ2v) is 6.58. The predicted molar refractivity (Wildman–Crippen MR) is 78.3 cm³/mol. The molecule has 2 N–H and O–H groups in total. The van der Waals surface area contributed by atoms with Gasteiger partial charge in [-0.3, -0.25) is 0 Å². The lowest BCUT2D eigenvalue weighted by Gasteiger charge is -2.08. The molecular weight excluding hydrogens is 293 g/mol. The number of benzene rings is 2. The van der Waals surface area contributed by atoms with Gasteiger partial charge in [-0.25, -0.2) is 12.8 Å². The van der Waals surface area contributed by atoms with E-state index in [1.54, 1.807) is 12.1 Å². The highest BCUT2D eigenvalue weighted by Gasteiger charge is 2.15. The highest BCUT2D eigenvalue weighted by Crippen LogP contribution is 2.15. The van der Waals surface area contributed by atoms with Gasteiger partial charge >= 0.3 is 0 Å². The zero-order valence-corrected chi connectivity index (χ0v) is 12.1. The number of sulfone groups is 1. The Bertz CT molecular complexity index is 699. The van der Waals surface area contributed by atoms with Gasteiger partial charge in [0.05, 0.1) is 10.6 Å². The molecule has 112 valence electrons. The van der Waals surface area contributed by atoms with Crippen molar-refractivity contribution >= 4 is 9.84 Å². The van der Waals surface area contributed by atoms with Gasteiger partial charge in [0, 0.05) is 6.54 Å². The Morgan fingerprint density at radius 2 is 1.81 bits per heavy atom. The highest BCUT2D eigenvalue weighted by atomic mass is 32.2. The van der Waals surface area contributed by atoms with E-state index in [9.17, 15) is 12.8 Å². The molecule has 2 aromatic carbocycles. The van der Waals surface area contributed by atoms with Gasteiger partial charge < -0.3 is 10.5 Å². The van der Waals surface area contributed by atoms with Gasteiger partial charge in [-0.1, -0.05) is 18.2 Å². The molecule has 4 nitrogen and oxygen atoms in total. The molecule has 0 heterocycles. The topological polar surface area (TPSA) is 69.4 Å². The van der Waals surface area contributed by atoms with Crippen LogP contribution in [0.5, 0.6) is 5.75 Å². The van der Waals surface area contributed by atoms with E-state index in [0.717, 1.165) is 11.6 Å². The van der Waals surface area contributed by atoms with Crippen LogP contribution in [-0.2, 0) is 16.4 Å². The molecule has 0 aliphatic carbocycles. The van der Waals surface area contributed by atoms with Crippen LogP contribution in [0.1, 0.15) is 5.56 Å². The summed E-state index contributed by atoms with van der Waals surface area (Å²) in [6.45, 7) is 0.440. The van der Waals surface area contributed by atoms with E-state index in [4.69, 9.17) is 10.5 Å². The lowest BCUT2D eigenvalue weighted by atomic mass is 10.2. The van der Waals surface area contributed by atoms with E-state index in [0.29, 0.717) is 12.3 Å². The molecule has 2 aromatic rings. The first-order valence-corrected chi connectivity index (χ1v) is 8.06. The van der Waals surface area contributed by atoms with Crippen LogP contribution in [-0.4, -0.2) is 20.8 Å². The molecule has 6 heteroatoms. The van der Waals surface area contributed by atoms with Crippen LogP contribution in [0, 0.1) is 5.82 Å². The molecule has 0 saturated heterocycles. The molecule has 0 amide bonds. The maximum atomic E-state index is 13.1. The molecule has 21 heavy (non-hydrogen) atoms. The monoisotopic (exact) mass is 309 g/mol. The Morgan fingerprint density at radius 3 is 2.43 bits per heavy atom. The third kappa shape index (κ3) is 4.27. The molecule has 0 atom stereocenters. The lowest BCUT2D eigenvalue weighted by Crippen LogP contribution is -2.14. The fraction of sp³-hybridized carbons (Fsp3) is 0.200. The van der Waals surface area contributed by atoms with E-state index < -0.39 is 15.7 Å². The maximum Gasteiger partial charge on any atom is 0.181 e. The summed E-state index contributed by atoms with van der Waals surface area (Å²) in [5.41, 5.74) is 6.45. The summed E-state index contributed by atoms with van der Waals surface area (Å²) < 4.78 is 42.5. The molecule has 0 aliphatic heterocycles. The van der Waals surface area contributed by atoms with Crippen LogP contribution in [0.15, 0.2) is 53.4 Å². The van der Waals surface area contributed by atoms with Crippen molar-refractivity contribution < 1.29 is 17.5 Å². The summed E-state index contributed by atoms with van der Waals surface area (Å²) in [7, 11) is -3.55. The Hall–Kier alpha value is -1.92. The lowest BCUT2D eigenvalue weighted by molar-refractivity contribution is 0.340. The van der Waals surface area contributed by atoms with Crippen molar-refractivity contribution in [1.29, 1.82) is 0 Å². The number of hydrogen-bond donors (Lipinski definition) is 1. The zero-order valence-electron chi connectivity index (χ0n) is 11.3. The first-order chi connectivity index (χ1) is 10.0. The molecule has 0 aliphatic rings. The number of hydrogen-bond acceptors (Lipinski definition) is 4. The molecule has 0 aromatic heterocycles. The standard InChI is InChI=1S/C15H16FNO3S/c16-13-2-1-3-15(10-13)21(18,19)9-8-20-14-6-4-12(11-17)5-7-14/h1-7,10H,8-9,11,17H2.